The first-order chi connectivity index (χ1) is 6.70. The number of thiol groups is 1. The van der Waals surface area contributed by atoms with Gasteiger partial charge in [0.1, 0.15) is 10.7 Å². The molecule has 3 nitrogen and oxygen atoms in total. The highest BCUT2D eigenvalue weighted by Gasteiger charge is 1.84. The van der Waals surface area contributed by atoms with Gasteiger partial charge in [-0.05, 0) is 5.56 Å². The summed E-state index contributed by atoms with van der Waals surface area (Å²) in [6, 6.07) is 11.8. The first-order valence-electron chi connectivity index (χ1n) is 4.23. The molecule has 0 heterocycles. The van der Waals surface area contributed by atoms with Crippen molar-refractivity contribution < 1.29 is 8.42 Å². The molecule has 0 atom stereocenters. The Hall–Kier alpha value is -1.34. The summed E-state index contributed by atoms with van der Waals surface area (Å²) in [5.74, 6) is 0.259. The molecule has 0 unspecified atom stereocenters. The summed E-state index contributed by atoms with van der Waals surface area (Å²) < 4.78 is 18.8. The van der Waals surface area contributed by atoms with Gasteiger partial charge in [-0.25, -0.2) is 8.42 Å². The summed E-state index contributed by atoms with van der Waals surface area (Å²) in [6.45, 7) is 1.60. The van der Waals surface area contributed by atoms with Crippen LogP contribution >= 0.6 is 0 Å². The van der Waals surface area contributed by atoms with E-state index in [0.29, 0.717) is 6.42 Å². The van der Waals surface area contributed by atoms with E-state index in [1.54, 1.807) is 6.92 Å². The normalized spacial score (nSPS) is 8.64. The van der Waals surface area contributed by atoms with E-state index in [4.69, 9.17) is 5.26 Å². The summed E-state index contributed by atoms with van der Waals surface area (Å²) in [4.78, 5) is 0. The lowest BCUT2D eigenvalue weighted by atomic mass is 10.2. The Bertz CT molecular complexity index is 344. The lowest BCUT2D eigenvalue weighted by Gasteiger charge is -1.88. The maximum absolute atomic E-state index is 9.41. The molecule has 0 bridgehead atoms. The number of rotatable bonds is 2. The molecule has 0 aliphatic heterocycles. The molecule has 0 aliphatic carbocycles. The van der Waals surface area contributed by atoms with Crippen LogP contribution in [-0.4, -0.2) is 14.2 Å². The Labute approximate surface area is 85.9 Å². The second kappa shape index (κ2) is 8.27. The first-order valence-corrected chi connectivity index (χ1v) is 5.59. The SMILES string of the molecule is CC[SH](=O)=O.N#CCc1ccccc1. The van der Waals surface area contributed by atoms with Crippen molar-refractivity contribution in [1.82, 2.24) is 0 Å². The fraction of sp³-hybridized carbons (Fsp3) is 0.300. The number of nitrogens with zero attached hydrogens (tertiary/aromatic N) is 1. The van der Waals surface area contributed by atoms with Crippen molar-refractivity contribution in [2.45, 2.75) is 13.3 Å². The lowest BCUT2D eigenvalue weighted by Crippen LogP contribution is -1.76. The number of nitriles is 1. The van der Waals surface area contributed by atoms with Gasteiger partial charge in [0.2, 0.25) is 0 Å². The van der Waals surface area contributed by atoms with E-state index >= 15 is 0 Å². The van der Waals surface area contributed by atoms with Gasteiger partial charge in [0.25, 0.3) is 0 Å². The third-order valence-corrected chi connectivity index (χ3v) is 1.90. The van der Waals surface area contributed by atoms with Crippen molar-refractivity contribution in [3.05, 3.63) is 35.9 Å². The molecule has 0 aromatic heterocycles. The molecule has 1 rings (SSSR count). The van der Waals surface area contributed by atoms with Crippen LogP contribution in [0.4, 0.5) is 0 Å². The third-order valence-electron chi connectivity index (χ3n) is 1.38. The number of hydrogen-bond acceptors (Lipinski definition) is 3. The van der Waals surface area contributed by atoms with Crippen LogP contribution in [0.5, 0.6) is 0 Å². The van der Waals surface area contributed by atoms with Gasteiger partial charge in [0, 0.05) is 5.75 Å². The van der Waals surface area contributed by atoms with Crippen LogP contribution in [0.1, 0.15) is 12.5 Å². The smallest absolute Gasteiger partial charge is 0.139 e. The van der Waals surface area contributed by atoms with E-state index < -0.39 is 10.7 Å². The van der Waals surface area contributed by atoms with Crippen LogP contribution in [0, 0.1) is 11.3 Å². The Balaban J connectivity index is 0.000000292. The van der Waals surface area contributed by atoms with Gasteiger partial charge >= 0.3 is 0 Å². The summed E-state index contributed by atoms with van der Waals surface area (Å²) in [6.07, 6.45) is 0.515. The van der Waals surface area contributed by atoms with Gasteiger partial charge in [0.05, 0.1) is 12.5 Å². The zero-order chi connectivity index (χ0) is 10.8. The zero-order valence-corrected chi connectivity index (χ0v) is 8.91. The second-order valence-electron chi connectivity index (χ2n) is 2.47. The minimum absolute atomic E-state index is 0.259. The minimum Gasteiger partial charge on any atom is -0.232 e. The zero-order valence-electron chi connectivity index (χ0n) is 8.01. The summed E-state index contributed by atoms with van der Waals surface area (Å²) in [5, 5.41) is 8.27. The largest absolute Gasteiger partial charge is 0.232 e. The second-order valence-corrected chi connectivity index (χ2v) is 3.77. The predicted octanol–water partition coefficient (Wildman–Crippen LogP) is 1.37. The van der Waals surface area contributed by atoms with E-state index in [2.05, 4.69) is 6.07 Å². The van der Waals surface area contributed by atoms with Crippen LogP contribution in [-0.2, 0) is 17.1 Å². The van der Waals surface area contributed by atoms with Crippen molar-refractivity contribution in [2.24, 2.45) is 0 Å². The quantitative estimate of drug-likeness (QED) is 0.752. The summed E-state index contributed by atoms with van der Waals surface area (Å²) >= 11 is 0. The van der Waals surface area contributed by atoms with Crippen molar-refractivity contribution in [1.29, 1.82) is 5.26 Å². The molecule has 0 spiro atoms. The molecular weight excluding hydrogens is 198 g/mol. The van der Waals surface area contributed by atoms with E-state index in [1.165, 1.54) is 0 Å². The summed E-state index contributed by atoms with van der Waals surface area (Å²) in [5.41, 5.74) is 1.08. The van der Waals surface area contributed by atoms with Crippen LogP contribution in [0.25, 0.3) is 0 Å². The molecule has 0 aliphatic rings. The standard InChI is InChI=1S/C8H7N.C2H6O2S/c9-7-6-8-4-2-1-3-5-8;1-2-5(3)4/h1-5H,6H2;5H,2H2,1H3. The van der Waals surface area contributed by atoms with Gasteiger partial charge in [-0.3, -0.25) is 0 Å². The maximum atomic E-state index is 9.41. The lowest BCUT2D eigenvalue weighted by molar-refractivity contribution is 0.615. The van der Waals surface area contributed by atoms with Crippen molar-refractivity contribution in [3.63, 3.8) is 0 Å². The molecule has 0 saturated heterocycles. The van der Waals surface area contributed by atoms with Gasteiger partial charge in [-0.1, -0.05) is 37.3 Å². The maximum Gasteiger partial charge on any atom is 0.139 e. The van der Waals surface area contributed by atoms with E-state index in [0.717, 1.165) is 5.56 Å². The molecule has 14 heavy (non-hydrogen) atoms. The summed E-state index contributed by atoms with van der Waals surface area (Å²) in [7, 11) is -2.10. The Kier molecular flexibility index (Phi) is 7.48. The molecule has 4 heteroatoms. The van der Waals surface area contributed by atoms with Crippen molar-refractivity contribution in [2.75, 3.05) is 5.75 Å². The van der Waals surface area contributed by atoms with E-state index in [-0.39, 0.29) is 5.75 Å². The average Bonchev–Trinajstić information content (AvgIpc) is 2.21. The molecule has 1 aromatic carbocycles. The fourth-order valence-electron chi connectivity index (χ4n) is 0.687. The average molecular weight is 211 g/mol. The van der Waals surface area contributed by atoms with E-state index in [1.807, 2.05) is 30.3 Å². The van der Waals surface area contributed by atoms with Crippen LogP contribution in [0.3, 0.4) is 0 Å². The fourth-order valence-corrected chi connectivity index (χ4v) is 0.687. The molecule has 0 fully saturated rings. The van der Waals surface area contributed by atoms with Crippen molar-refractivity contribution >= 4 is 10.7 Å². The monoisotopic (exact) mass is 211 g/mol. The van der Waals surface area contributed by atoms with Crippen molar-refractivity contribution in [3.8, 4) is 6.07 Å². The molecule has 0 amide bonds. The highest BCUT2D eigenvalue weighted by Crippen LogP contribution is 1.96. The molecule has 0 N–H and O–H groups in total. The molecule has 1 aromatic rings. The van der Waals surface area contributed by atoms with E-state index in [9.17, 15) is 8.42 Å². The van der Waals surface area contributed by atoms with Crippen LogP contribution in [0.15, 0.2) is 30.3 Å². The Morgan fingerprint density at radius 2 is 1.79 bits per heavy atom. The number of hydrogen-bond donors (Lipinski definition) is 1. The predicted molar refractivity (Wildman–Crippen MR) is 56.6 cm³/mol. The van der Waals surface area contributed by atoms with Gasteiger partial charge in [-0.15, -0.1) is 0 Å². The molecule has 0 radical (unpaired) electrons. The Morgan fingerprint density at radius 1 is 1.29 bits per heavy atom. The van der Waals surface area contributed by atoms with Crippen LogP contribution in [0.2, 0.25) is 0 Å². The minimum atomic E-state index is -2.10. The Morgan fingerprint density at radius 3 is 2.14 bits per heavy atom. The molecular formula is C10H13NO2S. The number of benzene rings is 1. The van der Waals surface area contributed by atoms with Gasteiger partial charge < -0.3 is 0 Å². The third kappa shape index (κ3) is 7.32. The van der Waals surface area contributed by atoms with Gasteiger partial charge in [-0.2, -0.15) is 5.26 Å². The molecule has 0 saturated carbocycles. The highest BCUT2D eigenvalue weighted by molar-refractivity contribution is 7.72. The molecule has 76 valence electrons. The first kappa shape index (κ1) is 12.7. The van der Waals surface area contributed by atoms with Crippen LogP contribution < -0.4 is 0 Å². The van der Waals surface area contributed by atoms with Gasteiger partial charge in [0.15, 0.2) is 0 Å². The topological polar surface area (TPSA) is 57.9 Å². The highest BCUT2D eigenvalue weighted by atomic mass is 32.2.